The molecule has 226 valence electrons. The topological polar surface area (TPSA) is 174 Å². The van der Waals surface area contributed by atoms with Gasteiger partial charge in [-0.25, -0.2) is 10.1 Å². The first-order valence-corrected chi connectivity index (χ1v) is 14.3. The molecule has 0 aromatic heterocycles. The molecule has 5 N–H and O–H groups in total. The third-order valence-electron chi connectivity index (χ3n) is 6.44. The van der Waals surface area contributed by atoms with E-state index in [-0.39, 0.29) is 56.4 Å². The molecular weight excluding hydrogens is 506 g/mol. The van der Waals surface area contributed by atoms with Crippen LogP contribution in [0.5, 0.6) is 0 Å². The third-order valence-corrected chi connectivity index (χ3v) is 6.44. The van der Waals surface area contributed by atoms with Gasteiger partial charge in [0.25, 0.3) is 0 Å². The van der Waals surface area contributed by atoms with E-state index in [2.05, 4.69) is 5.32 Å². The van der Waals surface area contributed by atoms with E-state index in [1.165, 1.54) is 6.92 Å². The molecule has 12 heteroatoms. The Bertz CT molecular complexity index is 735. The number of nitrogens with two attached hydrogens (primary N) is 1. The smallest absolute Gasteiger partial charge is 0.246 e. The Morgan fingerprint density at radius 2 is 1.15 bits per heavy atom. The Hall–Kier alpha value is -2.57. The highest BCUT2D eigenvalue weighted by atomic mass is 16.5. The van der Waals surface area contributed by atoms with Crippen LogP contribution < -0.4 is 11.1 Å². The lowest BCUT2D eigenvalue weighted by Gasteiger charge is -2.15. The molecule has 0 radical (unpaired) electrons. The number of hydrogen-bond acceptors (Lipinski definition) is 8. The van der Waals surface area contributed by atoms with Crippen LogP contribution in [0.4, 0.5) is 0 Å². The normalized spacial score (nSPS) is 10.7. The molecule has 0 saturated heterocycles. The summed E-state index contributed by atoms with van der Waals surface area (Å²) in [4.78, 5) is 60.5. The van der Waals surface area contributed by atoms with Crippen LogP contribution in [0.2, 0.25) is 0 Å². The maximum atomic E-state index is 12.0. The quantitative estimate of drug-likeness (QED) is 0.0795. The van der Waals surface area contributed by atoms with Crippen LogP contribution in [0.1, 0.15) is 103 Å². The lowest BCUT2D eigenvalue weighted by Crippen LogP contribution is -2.31. The van der Waals surface area contributed by atoms with Gasteiger partial charge in [0.2, 0.25) is 23.6 Å². The molecule has 0 heterocycles. The summed E-state index contributed by atoms with van der Waals surface area (Å²) in [5, 5.41) is 23.7. The SMILES string of the molecule is CC(=O)N(C)CCCCCNC(=O)CCC(=O)N(O)CCCCCCC(=O)CCC(=O)N(O)CCCCCN. The van der Waals surface area contributed by atoms with Crippen molar-refractivity contribution in [1.29, 1.82) is 0 Å². The molecule has 0 aromatic carbocycles. The van der Waals surface area contributed by atoms with Crippen LogP contribution in [0.3, 0.4) is 0 Å². The standard InChI is InChI=1S/C27H51N5O7/c1-23(33)30(2)20-10-6-9-19-29-25(35)15-17-27(37)32(39)21-11-4-3-7-13-24(34)14-16-26(36)31(38)22-12-5-8-18-28/h38-39H,3-22,28H2,1-2H3,(H,29,35). The van der Waals surface area contributed by atoms with Crippen molar-refractivity contribution in [3.8, 4) is 0 Å². The van der Waals surface area contributed by atoms with Crippen LogP contribution in [-0.4, -0.2) is 94.6 Å². The van der Waals surface area contributed by atoms with Crippen LogP contribution >= 0.6 is 0 Å². The van der Waals surface area contributed by atoms with E-state index < -0.39 is 11.8 Å². The van der Waals surface area contributed by atoms with E-state index in [9.17, 15) is 34.4 Å². The first kappa shape index (κ1) is 36.4. The molecule has 0 aliphatic heterocycles. The molecule has 0 unspecified atom stereocenters. The summed E-state index contributed by atoms with van der Waals surface area (Å²) in [6, 6.07) is 0. The highest BCUT2D eigenvalue weighted by Crippen LogP contribution is 2.09. The summed E-state index contributed by atoms with van der Waals surface area (Å²) in [6.07, 6.45) is 7.98. The Kier molecular flexibility index (Phi) is 21.8. The van der Waals surface area contributed by atoms with Gasteiger partial charge in [0.1, 0.15) is 5.78 Å². The average Bonchev–Trinajstić information content (AvgIpc) is 2.91. The first-order valence-electron chi connectivity index (χ1n) is 14.3. The van der Waals surface area contributed by atoms with Gasteiger partial charge < -0.3 is 16.0 Å². The van der Waals surface area contributed by atoms with E-state index in [0.717, 1.165) is 44.9 Å². The van der Waals surface area contributed by atoms with Gasteiger partial charge in [0.15, 0.2) is 0 Å². The highest BCUT2D eigenvalue weighted by molar-refractivity contribution is 5.84. The van der Waals surface area contributed by atoms with Gasteiger partial charge in [0.05, 0.1) is 0 Å². The second kappa shape index (κ2) is 23.3. The number of unbranched alkanes of at least 4 members (excludes halogenated alkanes) is 7. The maximum Gasteiger partial charge on any atom is 0.246 e. The van der Waals surface area contributed by atoms with Crippen LogP contribution in [0, 0.1) is 0 Å². The minimum atomic E-state index is -0.505. The van der Waals surface area contributed by atoms with Gasteiger partial charge >= 0.3 is 0 Å². The fourth-order valence-electron chi connectivity index (χ4n) is 3.74. The van der Waals surface area contributed by atoms with E-state index in [4.69, 9.17) is 5.73 Å². The fourth-order valence-corrected chi connectivity index (χ4v) is 3.74. The number of hydrogen-bond donors (Lipinski definition) is 4. The number of nitrogens with one attached hydrogen (secondary N) is 1. The maximum absolute atomic E-state index is 12.0. The van der Waals surface area contributed by atoms with Gasteiger partial charge in [0, 0.05) is 72.3 Å². The Morgan fingerprint density at radius 1 is 0.641 bits per heavy atom. The lowest BCUT2D eigenvalue weighted by molar-refractivity contribution is -0.166. The van der Waals surface area contributed by atoms with Crippen molar-refractivity contribution in [2.75, 3.05) is 39.8 Å². The summed E-state index contributed by atoms with van der Waals surface area (Å²) in [5.74, 6) is -1.20. The number of amides is 4. The van der Waals surface area contributed by atoms with E-state index in [0.29, 0.717) is 55.4 Å². The van der Waals surface area contributed by atoms with Crippen LogP contribution in [-0.2, 0) is 24.0 Å². The number of rotatable bonds is 24. The van der Waals surface area contributed by atoms with Crippen LogP contribution in [0.15, 0.2) is 0 Å². The molecule has 12 nitrogen and oxygen atoms in total. The summed E-state index contributed by atoms with van der Waals surface area (Å²) in [5.41, 5.74) is 5.40. The lowest BCUT2D eigenvalue weighted by atomic mass is 10.1. The van der Waals surface area contributed by atoms with E-state index in [1.807, 2.05) is 0 Å². The zero-order chi connectivity index (χ0) is 29.5. The molecule has 39 heavy (non-hydrogen) atoms. The fraction of sp³-hybridized carbons (Fsp3) is 0.815. The zero-order valence-electron chi connectivity index (χ0n) is 24.0. The third kappa shape index (κ3) is 21.0. The summed E-state index contributed by atoms with van der Waals surface area (Å²) >= 11 is 0. The van der Waals surface area contributed by atoms with Gasteiger partial charge in [-0.15, -0.1) is 0 Å². The summed E-state index contributed by atoms with van der Waals surface area (Å²) in [6.45, 7) is 3.70. The van der Waals surface area contributed by atoms with Crippen molar-refractivity contribution in [2.24, 2.45) is 5.73 Å². The predicted octanol–water partition coefficient (Wildman–Crippen LogP) is 2.40. The van der Waals surface area contributed by atoms with Crippen LogP contribution in [0.25, 0.3) is 0 Å². The van der Waals surface area contributed by atoms with Gasteiger partial charge in [-0.2, -0.15) is 0 Å². The molecular formula is C27H51N5O7. The summed E-state index contributed by atoms with van der Waals surface area (Å²) < 4.78 is 0. The van der Waals surface area contributed by atoms with Gasteiger partial charge in [-0.1, -0.05) is 19.3 Å². The molecule has 0 aliphatic carbocycles. The second-order valence-electron chi connectivity index (χ2n) is 9.94. The molecule has 4 amide bonds. The Labute approximate surface area is 233 Å². The van der Waals surface area contributed by atoms with Crippen molar-refractivity contribution in [2.45, 2.75) is 103 Å². The average molecular weight is 558 g/mol. The highest BCUT2D eigenvalue weighted by Gasteiger charge is 2.14. The molecule has 0 saturated carbocycles. The number of ketones is 1. The molecule has 0 bridgehead atoms. The number of nitrogens with zero attached hydrogens (tertiary/aromatic N) is 3. The van der Waals surface area contributed by atoms with Gasteiger partial charge in [-0.05, 0) is 51.5 Å². The largest absolute Gasteiger partial charge is 0.356 e. The minimum Gasteiger partial charge on any atom is -0.356 e. The number of hydroxylamine groups is 4. The number of carbonyl (C=O) groups excluding carboxylic acids is 5. The van der Waals surface area contributed by atoms with Gasteiger partial charge in [-0.3, -0.25) is 34.4 Å². The first-order chi connectivity index (χ1) is 18.6. The number of carbonyl (C=O) groups is 5. The van der Waals surface area contributed by atoms with E-state index >= 15 is 0 Å². The Morgan fingerprint density at radius 3 is 1.74 bits per heavy atom. The molecule has 0 fully saturated rings. The molecule has 0 aromatic rings. The monoisotopic (exact) mass is 557 g/mol. The van der Waals surface area contributed by atoms with Crippen molar-refractivity contribution >= 4 is 29.4 Å². The minimum absolute atomic E-state index is 0.00807. The van der Waals surface area contributed by atoms with Crippen molar-refractivity contribution in [3.05, 3.63) is 0 Å². The molecule has 0 rings (SSSR count). The molecule has 0 spiro atoms. The van der Waals surface area contributed by atoms with Crippen molar-refractivity contribution < 1.29 is 34.4 Å². The Balaban J connectivity index is 3.75. The zero-order valence-corrected chi connectivity index (χ0v) is 24.0. The molecule has 0 aliphatic rings. The van der Waals surface area contributed by atoms with Crippen molar-refractivity contribution in [3.63, 3.8) is 0 Å². The van der Waals surface area contributed by atoms with Crippen molar-refractivity contribution in [1.82, 2.24) is 20.3 Å². The summed E-state index contributed by atoms with van der Waals surface area (Å²) in [7, 11) is 1.75. The second-order valence-corrected chi connectivity index (χ2v) is 9.94. The predicted molar refractivity (Wildman–Crippen MR) is 147 cm³/mol. The molecule has 0 atom stereocenters. The van der Waals surface area contributed by atoms with E-state index in [1.54, 1.807) is 11.9 Å². The number of Topliss-reactive ketones (excluding diaryl/α,β-unsaturated/α-hetero) is 1.